The van der Waals surface area contributed by atoms with Crippen molar-refractivity contribution in [1.29, 1.82) is 0 Å². The molecule has 0 aliphatic carbocycles. The lowest BCUT2D eigenvalue weighted by atomic mass is 9.98. The van der Waals surface area contributed by atoms with Crippen molar-refractivity contribution >= 4 is 31.9 Å². The Kier molecular flexibility index (Phi) is 4.76. The van der Waals surface area contributed by atoms with Crippen LogP contribution >= 0.6 is 31.9 Å². The Morgan fingerprint density at radius 1 is 1.11 bits per heavy atom. The molecule has 0 saturated carbocycles. The van der Waals surface area contributed by atoms with Crippen LogP contribution in [-0.2, 0) is 0 Å². The van der Waals surface area contributed by atoms with Crippen LogP contribution in [0.15, 0.2) is 45.3 Å². The zero-order valence-corrected chi connectivity index (χ0v) is 13.8. The van der Waals surface area contributed by atoms with Crippen LogP contribution < -0.4 is 5.32 Å². The fourth-order valence-electron chi connectivity index (χ4n) is 2.03. The van der Waals surface area contributed by atoms with Gasteiger partial charge in [-0.1, -0.05) is 44.0 Å². The Balaban J connectivity index is 2.49. The first-order valence-corrected chi connectivity index (χ1v) is 7.50. The van der Waals surface area contributed by atoms with Gasteiger partial charge in [0.05, 0.1) is 6.04 Å². The summed E-state index contributed by atoms with van der Waals surface area (Å²) in [6.45, 7) is 1.77. The number of aryl methyl sites for hydroxylation is 1. The third-order valence-corrected chi connectivity index (χ3v) is 4.30. The number of benzene rings is 2. The molecular formula is C15H14Br2FN. The van der Waals surface area contributed by atoms with Gasteiger partial charge in [-0.2, -0.15) is 0 Å². The molecule has 0 bridgehead atoms. The summed E-state index contributed by atoms with van der Waals surface area (Å²) in [6, 6.07) is 11.3. The minimum absolute atomic E-state index is 0.0537. The highest BCUT2D eigenvalue weighted by Crippen LogP contribution is 2.31. The molecule has 0 spiro atoms. The molecule has 0 aliphatic heterocycles. The number of hydrogen-bond donors (Lipinski definition) is 1. The summed E-state index contributed by atoms with van der Waals surface area (Å²) >= 11 is 7.02. The van der Waals surface area contributed by atoms with Gasteiger partial charge in [-0.25, -0.2) is 4.39 Å². The second-order valence-electron chi connectivity index (χ2n) is 4.40. The molecule has 0 fully saturated rings. The molecule has 2 rings (SSSR count). The van der Waals surface area contributed by atoms with E-state index in [1.807, 2.05) is 31.3 Å². The minimum atomic E-state index is -0.177. The van der Waals surface area contributed by atoms with E-state index in [4.69, 9.17) is 0 Å². The van der Waals surface area contributed by atoms with Crippen LogP contribution in [0.25, 0.3) is 0 Å². The highest BCUT2D eigenvalue weighted by Gasteiger charge is 2.16. The van der Waals surface area contributed by atoms with Gasteiger partial charge in [0.15, 0.2) is 0 Å². The summed E-state index contributed by atoms with van der Waals surface area (Å²) in [5.74, 6) is -0.177. The molecule has 19 heavy (non-hydrogen) atoms. The van der Waals surface area contributed by atoms with Crippen molar-refractivity contribution in [3.8, 4) is 0 Å². The van der Waals surface area contributed by atoms with Gasteiger partial charge in [-0.15, -0.1) is 0 Å². The van der Waals surface area contributed by atoms with Gasteiger partial charge < -0.3 is 5.32 Å². The van der Waals surface area contributed by atoms with Crippen LogP contribution in [0, 0.1) is 12.7 Å². The van der Waals surface area contributed by atoms with Crippen molar-refractivity contribution in [2.24, 2.45) is 0 Å². The smallest absolute Gasteiger partial charge is 0.126 e. The quantitative estimate of drug-likeness (QED) is 0.785. The van der Waals surface area contributed by atoms with E-state index in [0.29, 0.717) is 5.56 Å². The normalized spacial score (nSPS) is 12.5. The largest absolute Gasteiger partial charge is 0.309 e. The van der Waals surface area contributed by atoms with Gasteiger partial charge in [0.1, 0.15) is 5.82 Å². The first-order valence-electron chi connectivity index (χ1n) is 5.91. The first-order chi connectivity index (χ1) is 9.02. The van der Waals surface area contributed by atoms with E-state index in [0.717, 1.165) is 20.1 Å². The molecule has 1 N–H and O–H groups in total. The molecule has 2 aromatic carbocycles. The van der Waals surface area contributed by atoms with E-state index in [2.05, 4.69) is 37.2 Å². The van der Waals surface area contributed by atoms with Gasteiger partial charge in [0.25, 0.3) is 0 Å². The number of halogens is 3. The Hall–Kier alpha value is -0.710. The molecule has 1 nitrogen and oxygen atoms in total. The average Bonchev–Trinajstić information content (AvgIpc) is 2.38. The monoisotopic (exact) mass is 385 g/mol. The maximum atomic E-state index is 13.7. The molecule has 0 heterocycles. The number of hydrogen-bond acceptors (Lipinski definition) is 1. The molecule has 100 valence electrons. The maximum Gasteiger partial charge on any atom is 0.126 e. The van der Waals surface area contributed by atoms with Gasteiger partial charge in [-0.3, -0.25) is 0 Å². The summed E-state index contributed by atoms with van der Waals surface area (Å²) in [7, 11) is 1.87. The van der Waals surface area contributed by atoms with E-state index in [1.165, 1.54) is 0 Å². The Morgan fingerprint density at radius 3 is 2.47 bits per heavy atom. The van der Waals surface area contributed by atoms with E-state index < -0.39 is 0 Å². The summed E-state index contributed by atoms with van der Waals surface area (Å²) in [6.07, 6.45) is 0. The average molecular weight is 387 g/mol. The highest BCUT2D eigenvalue weighted by atomic mass is 79.9. The van der Waals surface area contributed by atoms with Crippen molar-refractivity contribution in [2.75, 3.05) is 7.05 Å². The van der Waals surface area contributed by atoms with Crippen molar-refractivity contribution in [3.05, 3.63) is 67.9 Å². The predicted octanol–water partition coefficient (Wildman–Crippen LogP) is 4.97. The van der Waals surface area contributed by atoms with E-state index >= 15 is 0 Å². The first kappa shape index (κ1) is 14.7. The van der Waals surface area contributed by atoms with E-state index in [1.54, 1.807) is 19.1 Å². The lowest BCUT2D eigenvalue weighted by molar-refractivity contribution is 0.608. The second-order valence-corrected chi connectivity index (χ2v) is 6.17. The lowest BCUT2D eigenvalue weighted by Crippen LogP contribution is -2.18. The van der Waals surface area contributed by atoms with Gasteiger partial charge in [0.2, 0.25) is 0 Å². The van der Waals surface area contributed by atoms with Crippen LogP contribution in [0.5, 0.6) is 0 Å². The van der Waals surface area contributed by atoms with Crippen LogP contribution in [0.2, 0.25) is 0 Å². The van der Waals surface area contributed by atoms with E-state index in [9.17, 15) is 4.39 Å². The number of nitrogens with one attached hydrogen (secondary N) is 1. The van der Waals surface area contributed by atoms with Crippen molar-refractivity contribution in [3.63, 3.8) is 0 Å². The predicted molar refractivity (Wildman–Crippen MR) is 83.9 cm³/mol. The summed E-state index contributed by atoms with van der Waals surface area (Å²) in [5.41, 5.74) is 2.64. The maximum absolute atomic E-state index is 13.7. The van der Waals surface area contributed by atoms with Crippen LogP contribution in [0.3, 0.4) is 0 Å². The minimum Gasteiger partial charge on any atom is -0.309 e. The zero-order chi connectivity index (χ0) is 14.0. The van der Waals surface area contributed by atoms with E-state index in [-0.39, 0.29) is 11.9 Å². The van der Waals surface area contributed by atoms with Gasteiger partial charge >= 0.3 is 0 Å². The van der Waals surface area contributed by atoms with Crippen LogP contribution in [-0.4, -0.2) is 7.05 Å². The Bertz CT molecular complexity index is 599. The second kappa shape index (κ2) is 6.16. The molecular weight excluding hydrogens is 373 g/mol. The third-order valence-electron chi connectivity index (χ3n) is 3.09. The molecule has 0 amide bonds. The van der Waals surface area contributed by atoms with Crippen LogP contribution in [0.4, 0.5) is 4.39 Å². The van der Waals surface area contributed by atoms with Gasteiger partial charge in [-0.05, 0) is 54.9 Å². The molecule has 1 unspecified atom stereocenters. The molecule has 0 aliphatic rings. The van der Waals surface area contributed by atoms with Gasteiger partial charge in [0, 0.05) is 8.95 Å². The SMILES string of the molecule is CNC(c1ccc(C)c(F)c1)c1cc(Br)ccc1Br. The summed E-state index contributed by atoms with van der Waals surface area (Å²) in [5, 5.41) is 3.23. The molecule has 4 heteroatoms. The molecule has 0 aromatic heterocycles. The Labute approximate surface area is 129 Å². The molecule has 2 aromatic rings. The van der Waals surface area contributed by atoms with Crippen LogP contribution in [0.1, 0.15) is 22.7 Å². The molecule has 0 radical (unpaired) electrons. The lowest BCUT2D eigenvalue weighted by Gasteiger charge is -2.19. The Morgan fingerprint density at radius 2 is 1.84 bits per heavy atom. The topological polar surface area (TPSA) is 12.0 Å². The fraction of sp³-hybridized carbons (Fsp3) is 0.200. The summed E-state index contributed by atoms with van der Waals surface area (Å²) < 4.78 is 15.7. The zero-order valence-electron chi connectivity index (χ0n) is 10.7. The highest BCUT2D eigenvalue weighted by molar-refractivity contribution is 9.11. The van der Waals surface area contributed by atoms with Crippen molar-refractivity contribution in [2.45, 2.75) is 13.0 Å². The standard InChI is InChI=1S/C15H14Br2FN/c1-9-3-4-10(7-14(9)18)15(19-2)12-8-11(16)5-6-13(12)17/h3-8,15,19H,1-2H3. The number of rotatable bonds is 3. The molecule has 0 saturated heterocycles. The third kappa shape index (κ3) is 3.25. The van der Waals surface area contributed by atoms with Crippen molar-refractivity contribution in [1.82, 2.24) is 5.32 Å². The summed E-state index contributed by atoms with van der Waals surface area (Å²) in [4.78, 5) is 0. The fourth-order valence-corrected chi connectivity index (χ4v) is 2.88. The molecule has 1 atom stereocenters. The van der Waals surface area contributed by atoms with Crippen molar-refractivity contribution < 1.29 is 4.39 Å².